The largest absolute Gasteiger partial charge is 0.322 e. The number of carbonyl (C=O) groups is 1. The van der Waals surface area contributed by atoms with Gasteiger partial charge in [0.25, 0.3) is 15.9 Å². The molecule has 0 spiro atoms. The molecule has 4 rings (SSSR count). The third-order valence-electron chi connectivity index (χ3n) is 5.76. The van der Waals surface area contributed by atoms with Crippen molar-refractivity contribution in [3.8, 4) is 0 Å². The van der Waals surface area contributed by atoms with Crippen LogP contribution >= 0.6 is 46.4 Å². The Morgan fingerprint density at radius 2 is 1.34 bits per heavy atom. The van der Waals surface area contributed by atoms with Crippen LogP contribution in [-0.4, -0.2) is 29.0 Å². The Hall–Kier alpha value is -2.99. The van der Waals surface area contributed by atoms with Gasteiger partial charge in [-0.3, -0.25) is 13.8 Å². The van der Waals surface area contributed by atoms with Gasteiger partial charge >= 0.3 is 0 Å². The van der Waals surface area contributed by atoms with E-state index in [2.05, 4.69) is 10.0 Å². The van der Waals surface area contributed by atoms with E-state index in [0.29, 0.717) is 16.8 Å². The molecule has 1 amide bonds. The molecule has 4 aromatic carbocycles. The molecular weight excluding hydrogens is 652 g/mol. The van der Waals surface area contributed by atoms with E-state index in [0.717, 1.165) is 10.6 Å². The number of hydrogen-bond donors (Lipinski definition) is 2. The van der Waals surface area contributed by atoms with Crippen LogP contribution in [0, 0.1) is 0 Å². The number of anilines is 3. The molecule has 0 aliphatic heterocycles. The third kappa shape index (κ3) is 7.45. The Bertz CT molecular complexity index is 1820. The lowest BCUT2D eigenvalue weighted by Crippen LogP contribution is -2.29. The number of sulfonamides is 2. The molecule has 2 N–H and O–H groups in total. The number of nitrogens with one attached hydrogen (secondary N) is 2. The van der Waals surface area contributed by atoms with Crippen molar-refractivity contribution in [1.29, 1.82) is 0 Å². The molecule has 0 unspecified atom stereocenters. The highest BCUT2D eigenvalue weighted by Gasteiger charge is 2.22. The van der Waals surface area contributed by atoms with Crippen molar-refractivity contribution >= 4 is 89.4 Å². The van der Waals surface area contributed by atoms with Gasteiger partial charge in [-0.25, -0.2) is 16.8 Å². The lowest BCUT2D eigenvalue weighted by Gasteiger charge is -2.24. The number of halogens is 4. The number of rotatable bonds is 9. The summed E-state index contributed by atoms with van der Waals surface area (Å²) in [7, 11) is -7.68. The average molecular weight is 673 g/mol. The Morgan fingerprint density at radius 3 is 1.95 bits per heavy atom. The summed E-state index contributed by atoms with van der Waals surface area (Å²) in [5.41, 5.74) is 1.63. The summed E-state index contributed by atoms with van der Waals surface area (Å²) >= 11 is 24.3. The predicted molar refractivity (Wildman–Crippen MR) is 166 cm³/mol. The Balaban J connectivity index is 1.45. The smallest absolute Gasteiger partial charge is 0.261 e. The summed E-state index contributed by atoms with van der Waals surface area (Å²) in [5.74, 6) is -0.450. The second-order valence-electron chi connectivity index (χ2n) is 8.72. The molecule has 0 saturated heterocycles. The number of hydrogen-bond acceptors (Lipinski definition) is 5. The van der Waals surface area contributed by atoms with E-state index in [1.165, 1.54) is 36.4 Å². The Kier molecular flexibility index (Phi) is 9.42. The van der Waals surface area contributed by atoms with Crippen molar-refractivity contribution in [2.24, 2.45) is 0 Å². The number of carbonyl (C=O) groups excluding carboxylic acids is 1. The first kappa shape index (κ1) is 31.0. The zero-order valence-corrected chi connectivity index (χ0v) is 25.8. The number of nitrogens with zero attached hydrogens (tertiary/aromatic N) is 1. The van der Waals surface area contributed by atoms with Crippen molar-refractivity contribution < 1.29 is 21.6 Å². The summed E-state index contributed by atoms with van der Waals surface area (Å²) in [6, 6.07) is 21.2. The highest BCUT2D eigenvalue weighted by molar-refractivity contribution is 7.92. The fourth-order valence-corrected chi connectivity index (χ4v) is 6.52. The molecule has 41 heavy (non-hydrogen) atoms. The van der Waals surface area contributed by atoms with E-state index in [1.807, 2.05) is 0 Å². The van der Waals surface area contributed by atoms with Gasteiger partial charge in [-0.1, -0.05) is 70.7 Å². The van der Waals surface area contributed by atoms with Gasteiger partial charge in [-0.15, -0.1) is 0 Å². The van der Waals surface area contributed by atoms with Crippen LogP contribution in [0.3, 0.4) is 0 Å². The van der Waals surface area contributed by atoms with Crippen molar-refractivity contribution in [2.45, 2.75) is 11.4 Å². The van der Waals surface area contributed by atoms with Gasteiger partial charge in [0, 0.05) is 11.3 Å². The van der Waals surface area contributed by atoms with Crippen LogP contribution in [0.2, 0.25) is 20.1 Å². The second kappa shape index (κ2) is 12.5. The molecule has 0 aromatic heterocycles. The summed E-state index contributed by atoms with van der Waals surface area (Å²) in [6.07, 6.45) is 1.06. The van der Waals surface area contributed by atoms with E-state index in [1.54, 1.807) is 48.5 Å². The lowest BCUT2D eigenvalue weighted by atomic mass is 10.1. The molecule has 4 aromatic rings. The number of benzene rings is 4. The molecule has 0 fully saturated rings. The van der Waals surface area contributed by atoms with Crippen LogP contribution in [0.4, 0.5) is 17.1 Å². The highest BCUT2D eigenvalue weighted by atomic mass is 35.5. The van der Waals surface area contributed by atoms with Crippen molar-refractivity contribution in [3.05, 3.63) is 116 Å². The van der Waals surface area contributed by atoms with Crippen molar-refractivity contribution in [2.75, 3.05) is 20.6 Å². The van der Waals surface area contributed by atoms with Crippen molar-refractivity contribution in [1.82, 2.24) is 0 Å². The minimum Gasteiger partial charge on any atom is -0.322 e. The Morgan fingerprint density at radius 1 is 0.756 bits per heavy atom. The maximum absolute atomic E-state index is 12.8. The average Bonchev–Trinajstić information content (AvgIpc) is 2.91. The quantitative estimate of drug-likeness (QED) is 0.194. The Labute approximate surface area is 257 Å². The monoisotopic (exact) mass is 671 g/mol. The zero-order valence-electron chi connectivity index (χ0n) is 21.1. The first-order chi connectivity index (χ1) is 19.3. The van der Waals surface area contributed by atoms with Gasteiger partial charge in [0.2, 0.25) is 10.0 Å². The van der Waals surface area contributed by atoms with Gasteiger partial charge in [-0.2, -0.15) is 0 Å². The van der Waals surface area contributed by atoms with Crippen molar-refractivity contribution in [3.63, 3.8) is 0 Å². The molecule has 214 valence electrons. The van der Waals surface area contributed by atoms with Gasteiger partial charge in [-0.05, 0) is 66.2 Å². The highest BCUT2D eigenvalue weighted by Crippen LogP contribution is 2.35. The molecule has 0 bridgehead atoms. The second-order valence-corrected chi connectivity index (χ2v) is 13.9. The minimum atomic E-state index is -3.97. The van der Waals surface area contributed by atoms with Crippen LogP contribution in [0.15, 0.2) is 89.8 Å². The van der Waals surface area contributed by atoms with Gasteiger partial charge in [0.15, 0.2) is 0 Å². The SMILES string of the molecule is CS(=O)(=O)N(Cc1ccc(C(=O)Nc2ccc(S(=O)(=O)Nc3cccc(Cl)c3Cl)cc2)cc1)c1cccc(Cl)c1Cl. The van der Waals surface area contributed by atoms with Crippen LogP contribution in [-0.2, 0) is 26.6 Å². The van der Waals surface area contributed by atoms with E-state index in [4.69, 9.17) is 46.4 Å². The first-order valence-electron chi connectivity index (χ1n) is 11.6. The van der Waals surface area contributed by atoms with Crippen LogP contribution in [0.5, 0.6) is 0 Å². The molecule has 0 saturated carbocycles. The van der Waals surface area contributed by atoms with Crippen LogP contribution < -0.4 is 14.3 Å². The van der Waals surface area contributed by atoms with E-state index < -0.39 is 26.0 Å². The zero-order chi connectivity index (χ0) is 29.9. The molecule has 0 heterocycles. The summed E-state index contributed by atoms with van der Waals surface area (Å²) in [6.45, 7) is -0.0365. The van der Waals surface area contributed by atoms with E-state index >= 15 is 0 Å². The van der Waals surface area contributed by atoms with E-state index in [-0.39, 0.29) is 42.9 Å². The normalized spacial score (nSPS) is 11.6. The van der Waals surface area contributed by atoms with Gasteiger partial charge < -0.3 is 5.32 Å². The minimum absolute atomic E-state index is 0.0365. The molecule has 0 atom stereocenters. The van der Waals surface area contributed by atoms with Gasteiger partial charge in [0.1, 0.15) is 0 Å². The molecule has 0 aliphatic carbocycles. The first-order valence-corrected chi connectivity index (χ1v) is 16.5. The molecule has 8 nitrogen and oxygen atoms in total. The maximum atomic E-state index is 12.8. The topological polar surface area (TPSA) is 113 Å². The van der Waals surface area contributed by atoms with Crippen LogP contribution in [0.25, 0.3) is 0 Å². The predicted octanol–water partition coefficient (Wildman–Crippen LogP) is 7.32. The summed E-state index contributed by atoms with van der Waals surface area (Å²) in [5, 5.41) is 3.30. The van der Waals surface area contributed by atoms with Crippen LogP contribution in [0.1, 0.15) is 15.9 Å². The molecule has 14 heteroatoms. The third-order valence-corrected chi connectivity index (χ3v) is 9.90. The standard InChI is InChI=1S/C27H21Cl4N3O5S2/c1-40(36,37)34(24-7-3-5-22(29)26(24)31)16-17-8-10-18(11-9-17)27(35)32-19-12-14-20(15-13-19)41(38,39)33-23-6-2-4-21(28)25(23)30/h2-15,33H,16H2,1H3,(H,32,35). The summed E-state index contributed by atoms with van der Waals surface area (Å²) < 4.78 is 54.0. The van der Waals surface area contributed by atoms with Gasteiger partial charge in [0.05, 0.1) is 49.2 Å². The maximum Gasteiger partial charge on any atom is 0.261 e. The van der Waals surface area contributed by atoms with E-state index in [9.17, 15) is 21.6 Å². The fourth-order valence-electron chi connectivity index (χ4n) is 3.70. The molecular formula is C27H21Cl4N3O5S2. The summed E-state index contributed by atoms with van der Waals surface area (Å²) in [4.78, 5) is 12.7. The molecule has 0 radical (unpaired) electrons. The lowest BCUT2D eigenvalue weighted by molar-refractivity contribution is 0.102. The number of amides is 1. The molecule has 0 aliphatic rings. The fraction of sp³-hybridized carbons (Fsp3) is 0.0741.